The summed E-state index contributed by atoms with van der Waals surface area (Å²) in [6, 6.07) is 0. The Labute approximate surface area is 41.2 Å². The minimum absolute atomic E-state index is 0.451. The van der Waals surface area contributed by atoms with Gasteiger partial charge in [0.1, 0.15) is 0 Å². The van der Waals surface area contributed by atoms with Crippen molar-refractivity contribution in [2.45, 2.75) is 6.29 Å². The second-order valence-electron chi connectivity index (χ2n) is 0.900. The van der Waals surface area contributed by atoms with E-state index >= 15 is 0 Å². The lowest BCUT2D eigenvalue weighted by molar-refractivity contribution is -0.359. The smallest absolute Gasteiger partial charge is 0.212 e. The van der Waals surface area contributed by atoms with Gasteiger partial charge in [-0.15, -0.1) is 0 Å². The molecule has 0 heterocycles. The minimum Gasteiger partial charge on any atom is -0.391 e. The minimum atomic E-state index is -1.22. The Balaban J connectivity index is 2.83. The van der Waals surface area contributed by atoms with Crippen LogP contribution in [0.25, 0.3) is 0 Å². The highest BCUT2D eigenvalue weighted by Gasteiger charge is 1.97. The van der Waals surface area contributed by atoms with E-state index in [-0.39, 0.29) is 0 Å². The van der Waals surface area contributed by atoms with E-state index in [2.05, 4.69) is 9.78 Å². The van der Waals surface area contributed by atoms with Gasteiger partial charge in [-0.05, 0) is 0 Å². The van der Waals surface area contributed by atoms with Crippen LogP contribution < -0.4 is 0 Å². The van der Waals surface area contributed by atoms with E-state index in [1.54, 1.807) is 0 Å². The van der Waals surface area contributed by atoms with Crippen molar-refractivity contribution in [1.29, 1.82) is 0 Å². The normalized spacial score (nSPS) is 14.1. The van der Waals surface area contributed by atoms with Crippen LogP contribution in [0.2, 0.25) is 0 Å². The molecule has 0 saturated carbocycles. The van der Waals surface area contributed by atoms with Gasteiger partial charge in [-0.1, -0.05) is 0 Å². The van der Waals surface area contributed by atoms with E-state index in [0.717, 1.165) is 0 Å². The summed E-state index contributed by atoms with van der Waals surface area (Å²) in [5, 5.41) is 16.3. The van der Waals surface area contributed by atoms with Crippen molar-refractivity contribution in [2.75, 3.05) is 13.7 Å². The van der Waals surface area contributed by atoms with Crippen molar-refractivity contribution in [3.8, 4) is 0 Å². The Morgan fingerprint density at radius 3 is 2.43 bits per heavy atom. The third-order valence-electron chi connectivity index (χ3n) is 0.363. The number of hydrogen-bond acceptors (Lipinski definition) is 4. The molecule has 7 heavy (non-hydrogen) atoms. The van der Waals surface area contributed by atoms with Crippen LogP contribution in [0.1, 0.15) is 0 Å². The van der Waals surface area contributed by atoms with Crippen LogP contribution in [-0.2, 0) is 9.78 Å². The van der Waals surface area contributed by atoms with Crippen LogP contribution in [0.5, 0.6) is 0 Å². The zero-order valence-corrected chi connectivity index (χ0v) is 4.00. The SMILES string of the molecule is COOC(O)CO. The monoisotopic (exact) mass is 108 g/mol. The summed E-state index contributed by atoms with van der Waals surface area (Å²) >= 11 is 0. The van der Waals surface area contributed by atoms with Gasteiger partial charge >= 0.3 is 0 Å². The van der Waals surface area contributed by atoms with Crippen molar-refractivity contribution in [1.82, 2.24) is 0 Å². The molecule has 0 rings (SSSR count). The Kier molecular flexibility index (Phi) is 3.92. The summed E-state index contributed by atoms with van der Waals surface area (Å²) in [6.07, 6.45) is -1.22. The molecule has 0 aliphatic heterocycles. The number of aliphatic hydroxyl groups is 2. The van der Waals surface area contributed by atoms with Crippen LogP contribution in [0.15, 0.2) is 0 Å². The molecule has 0 aromatic carbocycles. The second-order valence-corrected chi connectivity index (χ2v) is 0.900. The molecular formula is C3H8O4. The summed E-state index contributed by atoms with van der Waals surface area (Å²) in [4.78, 5) is 7.98. The van der Waals surface area contributed by atoms with Gasteiger partial charge in [0.05, 0.1) is 13.7 Å². The maximum absolute atomic E-state index is 8.26. The van der Waals surface area contributed by atoms with E-state index in [1.807, 2.05) is 0 Å². The summed E-state index contributed by atoms with van der Waals surface area (Å²) in [5.41, 5.74) is 0. The molecule has 0 bridgehead atoms. The van der Waals surface area contributed by atoms with Gasteiger partial charge in [0.2, 0.25) is 6.29 Å². The van der Waals surface area contributed by atoms with Gasteiger partial charge in [-0.2, -0.15) is 0 Å². The summed E-state index contributed by atoms with van der Waals surface area (Å²) in [6.45, 7) is -0.451. The van der Waals surface area contributed by atoms with E-state index in [4.69, 9.17) is 10.2 Å². The average molecular weight is 108 g/mol. The standard InChI is InChI=1S/C3H8O4/c1-6-7-3(5)2-4/h3-5H,2H2,1H3. The second kappa shape index (κ2) is 4.01. The lowest BCUT2D eigenvalue weighted by atomic mass is 10.7. The van der Waals surface area contributed by atoms with Crippen molar-refractivity contribution in [2.24, 2.45) is 0 Å². The zero-order chi connectivity index (χ0) is 5.70. The summed E-state index contributed by atoms with van der Waals surface area (Å²) in [5.74, 6) is 0. The maximum atomic E-state index is 8.26. The van der Waals surface area contributed by atoms with Crippen LogP contribution in [0.3, 0.4) is 0 Å². The molecule has 0 aliphatic rings. The van der Waals surface area contributed by atoms with E-state index < -0.39 is 12.9 Å². The lowest BCUT2D eigenvalue weighted by Gasteiger charge is -2.02. The van der Waals surface area contributed by atoms with Crippen molar-refractivity contribution < 1.29 is 20.0 Å². The molecule has 0 amide bonds. The molecule has 1 atom stereocenters. The molecule has 4 heteroatoms. The Bertz CT molecular complexity index is 37.9. The quantitative estimate of drug-likeness (QED) is 0.273. The van der Waals surface area contributed by atoms with E-state index in [1.165, 1.54) is 7.11 Å². The first kappa shape index (κ1) is 6.84. The molecule has 0 aromatic rings. The van der Waals surface area contributed by atoms with Crippen LogP contribution in [-0.4, -0.2) is 30.2 Å². The highest BCUT2D eigenvalue weighted by Crippen LogP contribution is 1.81. The largest absolute Gasteiger partial charge is 0.391 e. The number of rotatable bonds is 3. The summed E-state index contributed by atoms with van der Waals surface area (Å²) < 4.78 is 0. The Morgan fingerprint density at radius 1 is 1.71 bits per heavy atom. The first-order chi connectivity index (χ1) is 3.31. The van der Waals surface area contributed by atoms with Gasteiger partial charge in [-0.25, -0.2) is 9.78 Å². The number of hydrogen-bond donors (Lipinski definition) is 2. The van der Waals surface area contributed by atoms with E-state index in [0.29, 0.717) is 0 Å². The first-order valence-corrected chi connectivity index (χ1v) is 1.79. The van der Waals surface area contributed by atoms with Gasteiger partial charge in [0, 0.05) is 0 Å². The third kappa shape index (κ3) is 3.68. The molecule has 44 valence electrons. The maximum Gasteiger partial charge on any atom is 0.212 e. The molecule has 0 aliphatic carbocycles. The average Bonchev–Trinajstić information content (AvgIpc) is 1.68. The Hall–Kier alpha value is -0.160. The molecule has 0 radical (unpaired) electrons. The van der Waals surface area contributed by atoms with Crippen LogP contribution in [0, 0.1) is 0 Å². The van der Waals surface area contributed by atoms with Crippen molar-refractivity contribution in [3.05, 3.63) is 0 Å². The van der Waals surface area contributed by atoms with E-state index in [9.17, 15) is 0 Å². The highest BCUT2D eigenvalue weighted by molar-refractivity contribution is 4.23. The van der Waals surface area contributed by atoms with Crippen molar-refractivity contribution >= 4 is 0 Å². The summed E-state index contributed by atoms with van der Waals surface area (Å²) in [7, 11) is 1.25. The van der Waals surface area contributed by atoms with Gasteiger partial charge in [0.15, 0.2) is 0 Å². The highest BCUT2D eigenvalue weighted by atomic mass is 17.2. The fourth-order valence-corrected chi connectivity index (χ4v) is 0.142. The van der Waals surface area contributed by atoms with Crippen LogP contribution >= 0.6 is 0 Å². The van der Waals surface area contributed by atoms with Crippen molar-refractivity contribution in [3.63, 3.8) is 0 Å². The zero-order valence-electron chi connectivity index (χ0n) is 4.00. The molecule has 0 fully saturated rings. The first-order valence-electron chi connectivity index (χ1n) is 1.79. The number of aliphatic hydroxyl groups excluding tert-OH is 2. The third-order valence-corrected chi connectivity index (χ3v) is 0.363. The van der Waals surface area contributed by atoms with Gasteiger partial charge in [0.25, 0.3) is 0 Å². The fraction of sp³-hybridized carbons (Fsp3) is 1.00. The topological polar surface area (TPSA) is 58.9 Å². The van der Waals surface area contributed by atoms with Gasteiger partial charge < -0.3 is 10.2 Å². The Morgan fingerprint density at radius 2 is 2.29 bits per heavy atom. The van der Waals surface area contributed by atoms with Crippen LogP contribution in [0.4, 0.5) is 0 Å². The molecule has 1 unspecified atom stereocenters. The molecule has 2 N–H and O–H groups in total. The molecule has 4 nitrogen and oxygen atoms in total. The lowest BCUT2D eigenvalue weighted by Crippen LogP contribution is -2.15. The molecular weight excluding hydrogens is 100 g/mol. The molecule has 0 spiro atoms. The predicted molar refractivity (Wildman–Crippen MR) is 21.2 cm³/mol. The van der Waals surface area contributed by atoms with Gasteiger partial charge in [-0.3, -0.25) is 0 Å². The fourth-order valence-electron chi connectivity index (χ4n) is 0.142. The molecule has 0 aromatic heterocycles. The molecule has 0 saturated heterocycles. The predicted octanol–water partition coefficient (Wildman–Crippen LogP) is -1.12.